The van der Waals surface area contributed by atoms with Gasteiger partial charge in [-0.05, 0) is 31.2 Å². The summed E-state index contributed by atoms with van der Waals surface area (Å²) in [5.74, 6) is 0.854. The molecule has 0 radical (unpaired) electrons. The van der Waals surface area contributed by atoms with Crippen LogP contribution in [0, 0.1) is 5.92 Å². The zero-order valence-corrected chi connectivity index (χ0v) is 11.3. The van der Waals surface area contributed by atoms with Crippen molar-refractivity contribution >= 4 is 23.3 Å². The minimum Gasteiger partial charge on any atom is -0.300 e. The molecule has 0 saturated carbocycles. The van der Waals surface area contributed by atoms with Gasteiger partial charge in [0.2, 0.25) is 0 Å². The number of hydrogen-bond donors (Lipinski definition) is 0. The van der Waals surface area contributed by atoms with E-state index in [0.29, 0.717) is 12.2 Å². The molecule has 1 rings (SSSR count). The van der Waals surface area contributed by atoms with Crippen molar-refractivity contribution in [3.05, 3.63) is 35.4 Å². The zero-order valence-electron chi connectivity index (χ0n) is 10.5. The quantitative estimate of drug-likeness (QED) is 0.728. The first-order valence-corrected chi connectivity index (χ1v) is 7.05. The van der Waals surface area contributed by atoms with E-state index < -0.39 is 0 Å². The van der Waals surface area contributed by atoms with Gasteiger partial charge in [0.05, 0.1) is 5.75 Å². The minimum atomic E-state index is 0.0147. The van der Waals surface area contributed by atoms with Gasteiger partial charge in [0.25, 0.3) is 0 Å². The van der Waals surface area contributed by atoms with Crippen molar-refractivity contribution in [3.63, 3.8) is 0 Å². The van der Waals surface area contributed by atoms with E-state index in [9.17, 15) is 9.59 Å². The highest BCUT2D eigenvalue weighted by atomic mass is 32.2. The smallest absolute Gasteiger partial charge is 0.172 e. The lowest BCUT2D eigenvalue weighted by molar-refractivity contribution is -0.120. The molecule has 92 valence electrons. The number of carbonyl (C=O) groups excluding carboxylic acids is 2. The molecule has 0 saturated heterocycles. The van der Waals surface area contributed by atoms with Crippen LogP contribution < -0.4 is 0 Å². The number of rotatable bonds is 6. The average Bonchev–Trinajstić information content (AvgIpc) is 2.29. The Hall–Kier alpha value is -1.09. The van der Waals surface area contributed by atoms with Gasteiger partial charge in [-0.15, -0.1) is 0 Å². The molecule has 1 atom stereocenters. The molecule has 17 heavy (non-hydrogen) atoms. The summed E-state index contributed by atoms with van der Waals surface area (Å²) in [6.07, 6.45) is 2.62. The first-order chi connectivity index (χ1) is 8.04. The normalized spacial score (nSPS) is 12.2. The van der Waals surface area contributed by atoms with Crippen molar-refractivity contribution in [1.82, 2.24) is 0 Å². The van der Waals surface area contributed by atoms with Crippen molar-refractivity contribution in [2.45, 2.75) is 20.3 Å². The van der Waals surface area contributed by atoms with Crippen LogP contribution in [0.4, 0.5) is 0 Å². The van der Waals surface area contributed by atoms with Crippen molar-refractivity contribution in [1.29, 1.82) is 0 Å². The number of thioether (sulfide) groups is 1. The van der Waals surface area contributed by atoms with Crippen LogP contribution in [0.5, 0.6) is 0 Å². The molecule has 0 aliphatic heterocycles. The summed E-state index contributed by atoms with van der Waals surface area (Å²) in [6, 6.07) is 7.59. The zero-order chi connectivity index (χ0) is 12.8. The maximum absolute atomic E-state index is 11.7. The number of carbonyl (C=O) groups is 2. The summed E-state index contributed by atoms with van der Waals surface area (Å²) in [6.45, 7) is 3.52. The summed E-state index contributed by atoms with van der Waals surface area (Å²) in [5.41, 5.74) is 1.80. The molecule has 0 aromatic heterocycles. The van der Waals surface area contributed by atoms with Crippen LogP contribution in [-0.4, -0.2) is 23.6 Å². The maximum Gasteiger partial charge on any atom is 0.172 e. The van der Waals surface area contributed by atoms with Gasteiger partial charge in [0.15, 0.2) is 5.78 Å². The Morgan fingerprint density at radius 2 is 2.06 bits per heavy atom. The van der Waals surface area contributed by atoms with Gasteiger partial charge in [-0.25, -0.2) is 0 Å². The fourth-order valence-electron chi connectivity index (χ4n) is 1.58. The summed E-state index contributed by atoms with van der Waals surface area (Å²) >= 11 is 1.53. The van der Waals surface area contributed by atoms with Crippen LogP contribution in [0.25, 0.3) is 0 Å². The van der Waals surface area contributed by atoms with Gasteiger partial charge in [-0.3, -0.25) is 9.59 Å². The number of ketones is 2. The third-order valence-electron chi connectivity index (χ3n) is 2.76. The molecule has 0 aliphatic rings. The molecule has 0 amide bonds. The van der Waals surface area contributed by atoms with Crippen LogP contribution in [-0.2, 0) is 11.2 Å². The lowest BCUT2D eigenvalue weighted by Crippen LogP contribution is -2.10. The largest absolute Gasteiger partial charge is 0.300 e. The SMILES string of the molecule is CSCC(=O)c1cccc(CC(C)C(C)=O)c1. The molecular formula is C14H18O2S. The van der Waals surface area contributed by atoms with E-state index in [1.54, 1.807) is 6.92 Å². The number of Topliss-reactive ketones (excluding diaryl/α,β-unsaturated/α-hetero) is 2. The van der Waals surface area contributed by atoms with E-state index in [-0.39, 0.29) is 17.5 Å². The summed E-state index contributed by atoms with van der Waals surface area (Å²) in [5, 5.41) is 0. The van der Waals surface area contributed by atoms with Crippen molar-refractivity contribution in [2.24, 2.45) is 5.92 Å². The fourth-order valence-corrected chi connectivity index (χ4v) is 2.01. The molecule has 3 heteroatoms. The Bertz CT molecular complexity index is 412. The van der Waals surface area contributed by atoms with E-state index in [2.05, 4.69) is 0 Å². The van der Waals surface area contributed by atoms with Gasteiger partial charge < -0.3 is 0 Å². The summed E-state index contributed by atoms with van der Waals surface area (Å²) in [7, 11) is 0. The van der Waals surface area contributed by atoms with Gasteiger partial charge in [0, 0.05) is 11.5 Å². The molecule has 2 nitrogen and oxygen atoms in total. The first kappa shape index (κ1) is 14.0. The van der Waals surface area contributed by atoms with Gasteiger partial charge in [-0.1, -0.05) is 25.1 Å². The predicted octanol–water partition coefficient (Wildman–Crippen LogP) is 3.00. The second-order valence-corrected chi connectivity index (χ2v) is 5.14. The number of benzene rings is 1. The lowest BCUT2D eigenvalue weighted by Gasteiger charge is -2.08. The van der Waals surface area contributed by atoms with Crippen molar-refractivity contribution in [2.75, 3.05) is 12.0 Å². The highest BCUT2D eigenvalue weighted by molar-refractivity contribution is 7.99. The summed E-state index contributed by atoms with van der Waals surface area (Å²) in [4.78, 5) is 22.9. The third kappa shape index (κ3) is 4.35. The highest BCUT2D eigenvalue weighted by Gasteiger charge is 2.10. The molecule has 1 aromatic rings. The lowest BCUT2D eigenvalue weighted by atomic mass is 9.96. The van der Waals surface area contributed by atoms with E-state index in [4.69, 9.17) is 0 Å². The van der Waals surface area contributed by atoms with E-state index in [0.717, 1.165) is 11.1 Å². The van der Waals surface area contributed by atoms with Gasteiger partial charge in [-0.2, -0.15) is 11.8 Å². The van der Waals surface area contributed by atoms with Crippen molar-refractivity contribution < 1.29 is 9.59 Å². The second kappa shape index (κ2) is 6.60. The van der Waals surface area contributed by atoms with Crippen LogP contribution in [0.15, 0.2) is 24.3 Å². The Balaban J connectivity index is 2.79. The van der Waals surface area contributed by atoms with E-state index in [1.807, 2.05) is 37.4 Å². The van der Waals surface area contributed by atoms with Crippen LogP contribution in [0.2, 0.25) is 0 Å². The Morgan fingerprint density at radius 1 is 1.35 bits per heavy atom. The predicted molar refractivity (Wildman–Crippen MR) is 72.7 cm³/mol. The highest BCUT2D eigenvalue weighted by Crippen LogP contribution is 2.13. The molecule has 0 spiro atoms. The molecule has 0 fully saturated rings. The third-order valence-corrected chi connectivity index (χ3v) is 3.31. The maximum atomic E-state index is 11.7. The molecule has 0 heterocycles. The van der Waals surface area contributed by atoms with Gasteiger partial charge >= 0.3 is 0 Å². The van der Waals surface area contributed by atoms with Crippen LogP contribution >= 0.6 is 11.8 Å². The minimum absolute atomic E-state index is 0.0147. The fraction of sp³-hybridized carbons (Fsp3) is 0.429. The molecule has 1 unspecified atom stereocenters. The number of hydrogen-bond acceptors (Lipinski definition) is 3. The molecule has 0 N–H and O–H groups in total. The Morgan fingerprint density at radius 3 is 2.65 bits per heavy atom. The molecular weight excluding hydrogens is 232 g/mol. The van der Waals surface area contributed by atoms with Crippen LogP contribution in [0.3, 0.4) is 0 Å². The molecule has 0 bridgehead atoms. The average molecular weight is 250 g/mol. The van der Waals surface area contributed by atoms with E-state index in [1.165, 1.54) is 11.8 Å². The monoisotopic (exact) mass is 250 g/mol. The topological polar surface area (TPSA) is 34.1 Å². The molecule has 0 aliphatic carbocycles. The van der Waals surface area contributed by atoms with Crippen molar-refractivity contribution in [3.8, 4) is 0 Å². The Kier molecular flexibility index (Phi) is 5.42. The Labute approximate surface area is 107 Å². The second-order valence-electron chi connectivity index (χ2n) is 4.27. The summed E-state index contributed by atoms with van der Waals surface area (Å²) < 4.78 is 0. The van der Waals surface area contributed by atoms with Gasteiger partial charge in [0.1, 0.15) is 5.78 Å². The van der Waals surface area contributed by atoms with E-state index >= 15 is 0 Å². The first-order valence-electron chi connectivity index (χ1n) is 5.66. The van der Waals surface area contributed by atoms with Crippen LogP contribution in [0.1, 0.15) is 29.8 Å². The molecule has 1 aromatic carbocycles. The standard InChI is InChI=1S/C14H18O2S/c1-10(11(2)15)7-12-5-4-6-13(8-12)14(16)9-17-3/h4-6,8,10H,7,9H2,1-3H3.